The Hall–Kier alpha value is -1.63. The van der Waals surface area contributed by atoms with E-state index in [0.717, 1.165) is 13.0 Å². The van der Waals surface area contributed by atoms with Crippen molar-refractivity contribution in [2.45, 2.75) is 72.3 Å². The molecule has 1 aromatic carbocycles. The van der Waals surface area contributed by atoms with Gasteiger partial charge in [0.2, 0.25) is 0 Å². The van der Waals surface area contributed by atoms with Gasteiger partial charge < -0.3 is 0 Å². The third kappa shape index (κ3) is 4.26. The SMILES string of the molecule is C/C=C\C=C1\CCCC1=[N+](C)Cc1cccc(C(C)(C)C)c1CC. The topological polar surface area (TPSA) is 3.01 Å². The molecule has 24 heavy (non-hydrogen) atoms. The third-order valence-corrected chi connectivity index (χ3v) is 5.02. The van der Waals surface area contributed by atoms with Crippen LogP contribution in [0.2, 0.25) is 0 Å². The molecule has 1 aliphatic rings. The summed E-state index contributed by atoms with van der Waals surface area (Å²) < 4.78 is 2.48. The Morgan fingerprint density at radius 3 is 2.54 bits per heavy atom. The van der Waals surface area contributed by atoms with Gasteiger partial charge in [0.1, 0.15) is 7.05 Å². The largest absolute Gasteiger partial charge is 0.232 e. The van der Waals surface area contributed by atoms with Crippen molar-refractivity contribution in [3.8, 4) is 0 Å². The van der Waals surface area contributed by atoms with Crippen molar-refractivity contribution >= 4 is 5.71 Å². The second kappa shape index (κ2) is 7.96. The summed E-state index contributed by atoms with van der Waals surface area (Å²) in [4.78, 5) is 0. The summed E-state index contributed by atoms with van der Waals surface area (Å²) in [5.74, 6) is 0. The molecule has 0 spiro atoms. The summed E-state index contributed by atoms with van der Waals surface area (Å²) in [6, 6.07) is 6.86. The molecular weight excluding hydrogens is 290 g/mol. The van der Waals surface area contributed by atoms with Gasteiger partial charge in [-0.15, -0.1) is 0 Å². The minimum absolute atomic E-state index is 0.206. The Kier molecular flexibility index (Phi) is 6.21. The summed E-state index contributed by atoms with van der Waals surface area (Å²) in [5.41, 5.74) is 7.76. The molecule has 0 amide bonds. The lowest BCUT2D eigenvalue weighted by molar-refractivity contribution is -0.514. The highest BCUT2D eigenvalue weighted by atomic mass is 15.0. The van der Waals surface area contributed by atoms with Crippen LogP contribution in [0.4, 0.5) is 0 Å². The van der Waals surface area contributed by atoms with Crippen LogP contribution in [0, 0.1) is 0 Å². The fraction of sp³-hybridized carbons (Fsp3) is 0.522. The molecule has 0 aromatic heterocycles. The molecule has 1 saturated carbocycles. The maximum Gasteiger partial charge on any atom is 0.179 e. The Morgan fingerprint density at radius 2 is 1.92 bits per heavy atom. The quantitative estimate of drug-likeness (QED) is 0.614. The van der Waals surface area contributed by atoms with Gasteiger partial charge in [-0.1, -0.05) is 64.1 Å². The summed E-state index contributed by atoms with van der Waals surface area (Å²) in [6.45, 7) is 12.3. The first kappa shape index (κ1) is 18.7. The van der Waals surface area contributed by atoms with E-state index in [-0.39, 0.29) is 5.41 Å². The third-order valence-electron chi connectivity index (χ3n) is 5.02. The van der Waals surface area contributed by atoms with Gasteiger partial charge in [-0.3, -0.25) is 0 Å². The number of rotatable bonds is 4. The summed E-state index contributed by atoms with van der Waals surface area (Å²) in [5, 5.41) is 0. The van der Waals surface area contributed by atoms with Crippen LogP contribution in [0.1, 0.15) is 70.6 Å². The molecule has 1 heteroatoms. The smallest absolute Gasteiger partial charge is 0.179 e. The van der Waals surface area contributed by atoms with Crippen LogP contribution in [0.5, 0.6) is 0 Å². The number of allylic oxidation sites excluding steroid dienone is 4. The Balaban J connectivity index is 2.39. The molecule has 1 aromatic rings. The normalized spacial score (nSPS) is 19.5. The van der Waals surface area contributed by atoms with E-state index in [4.69, 9.17) is 0 Å². The second-order valence-corrected chi connectivity index (χ2v) is 7.92. The van der Waals surface area contributed by atoms with Crippen molar-refractivity contribution in [2.24, 2.45) is 0 Å². The van der Waals surface area contributed by atoms with Gasteiger partial charge in [-0.05, 0) is 42.7 Å². The first-order valence-corrected chi connectivity index (χ1v) is 9.39. The number of hydrogen-bond donors (Lipinski definition) is 0. The van der Waals surface area contributed by atoms with E-state index >= 15 is 0 Å². The van der Waals surface area contributed by atoms with Crippen molar-refractivity contribution in [1.82, 2.24) is 0 Å². The van der Waals surface area contributed by atoms with Crippen LogP contribution in [0.25, 0.3) is 0 Å². The molecule has 1 nitrogen and oxygen atoms in total. The van der Waals surface area contributed by atoms with Crippen LogP contribution >= 0.6 is 0 Å². The minimum atomic E-state index is 0.206. The molecule has 0 unspecified atom stereocenters. The van der Waals surface area contributed by atoms with Crippen molar-refractivity contribution < 1.29 is 4.58 Å². The summed E-state index contributed by atoms with van der Waals surface area (Å²) >= 11 is 0. The molecule has 2 rings (SSSR count). The Bertz CT molecular complexity index is 666. The number of benzene rings is 1. The van der Waals surface area contributed by atoms with Crippen LogP contribution in [-0.4, -0.2) is 17.3 Å². The van der Waals surface area contributed by atoms with Gasteiger partial charge >= 0.3 is 0 Å². The van der Waals surface area contributed by atoms with Crippen molar-refractivity contribution in [3.05, 3.63) is 58.7 Å². The zero-order valence-corrected chi connectivity index (χ0v) is 16.4. The molecule has 0 N–H and O–H groups in total. The summed E-state index contributed by atoms with van der Waals surface area (Å²) in [6.07, 6.45) is 11.4. The highest BCUT2D eigenvalue weighted by Gasteiger charge is 2.24. The van der Waals surface area contributed by atoms with Crippen LogP contribution in [0.3, 0.4) is 0 Å². The van der Waals surface area contributed by atoms with E-state index in [1.165, 1.54) is 47.2 Å². The van der Waals surface area contributed by atoms with Crippen LogP contribution < -0.4 is 0 Å². The molecule has 1 aliphatic carbocycles. The highest BCUT2D eigenvalue weighted by molar-refractivity contribution is 5.98. The lowest BCUT2D eigenvalue weighted by Crippen LogP contribution is -2.19. The van der Waals surface area contributed by atoms with E-state index in [0.29, 0.717) is 0 Å². The Labute approximate surface area is 148 Å². The van der Waals surface area contributed by atoms with Gasteiger partial charge in [0.15, 0.2) is 12.3 Å². The lowest BCUT2D eigenvalue weighted by atomic mass is 9.81. The molecule has 1 fully saturated rings. The van der Waals surface area contributed by atoms with Gasteiger partial charge in [-0.2, -0.15) is 0 Å². The molecule has 130 valence electrons. The molecule has 0 bridgehead atoms. The number of nitrogens with zero attached hydrogens (tertiary/aromatic N) is 1. The molecule has 0 heterocycles. The average Bonchev–Trinajstić information content (AvgIpc) is 3.00. The lowest BCUT2D eigenvalue weighted by Gasteiger charge is -2.24. The van der Waals surface area contributed by atoms with Gasteiger partial charge in [0.25, 0.3) is 0 Å². The fourth-order valence-electron chi connectivity index (χ4n) is 3.83. The van der Waals surface area contributed by atoms with Gasteiger partial charge in [-0.25, -0.2) is 4.58 Å². The average molecular weight is 325 g/mol. The van der Waals surface area contributed by atoms with Gasteiger partial charge in [0, 0.05) is 17.6 Å². The predicted octanol–water partition coefficient (Wildman–Crippen LogP) is 5.82. The monoisotopic (exact) mass is 324 g/mol. The van der Waals surface area contributed by atoms with E-state index in [9.17, 15) is 0 Å². The van der Waals surface area contributed by atoms with Crippen molar-refractivity contribution in [1.29, 1.82) is 0 Å². The van der Waals surface area contributed by atoms with Crippen molar-refractivity contribution in [3.63, 3.8) is 0 Å². The zero-order chi connectivity index (χ0) is 17.7. The first-order valence-electron chi connectivity index (χ1n) is 9.39. The molecule has 0 radical (unpaired) electrons. The standard InChI is InChI=1S/C23H34N/c1-7-9-12-18-13-11-16-22(18)24(6)17-19-14-10-15-21(20(19)8-2)23(3,4)5/h7,9-10,12,14-15H,8,11,13,16-17H2,1-6H3/q+1/b9-7-,18-12-,24-22?. The molecule has 0 atom stereocenters. The maximum atomic E-state index is 2.48. The molecule has 0 saturated heterocycles. The minimum Gasteiger partial charge on any atom is -0.232 e. The maximum absolute atomic E-state index is 2.48. The van der Waals surface area contributed by atoms with Crippen molar-refractivity contribution in [2.75, 3.05) is 7.05 Å². The molecular formula is C23H34N+. The second-order valence-electron chi connectivity index (χ2n) is 7.92. The van der Waals surface area contributed by atoms with Crippen LogP contribution in [-0.2, 0) is 18.4 Å². The fourth-order valence-corrected chi connectivity index (χ4v) is 3.83. The predicted molar refractivity (Wildman–Crippen MR) is 106 cm³/mol. The zero-order valence-electron chi connectivity index (χ0n) is 16.4. The summed E-state index contributed by atoms with van der Waals surface area (Å²) in [7, 11) is 2.26. The van der Waals surface area contributed by atoms with Gasteiger partial charge in [0.05, 0.1) is 0 Å². The first-order chi connectivity index (χ1) is 11.4. The Morgan fingerprint density at radius 1 is 1.17 bits per heavy atom. The van der Waals surface area contributed by atoms with E-state index in [1.807, 2.05) is 0 Å². The molecule has 0 aliphatic heterocycles. The highest BCUT2D eigenvalue weighted by Crippen LogP contribution is 2.29. The van der Waals surface area contributed by atoms with E-state index < -0.39 is 0 Å². The number of hydrogen-bond acceptors (Lipinski definition) is 0. The van der Waals surface area contributed by atoms with E-state index in [1.54, 1.807) is 0 Å². The van der Waals surface area contributed by atoms with E-state index in [2.05, 4.69) is 82.7 Å². The van der Waals surface area contributed by atoms with Crippen LogP contribution in [0.15, 0.2) is 42.0 Å².